The minimum Gasteiger partial charge on any atom is -0.493 e. The number of benzene rings is 2. The molecule has 4 rings (SSSR count). The number of methoxy groups -OCH3 is 2. The summed E-state index contributed by atoms with van der Waals surface area (Å²) >= 11 is 0. The average molecular weight is 495 g/mol. The zero-order chi connectivity index (χ0) is 25.5. The van der Waals surface area contributed by atoms with Gasteiger partial charge in [-0.2, -0.15) is 0 Å². The summed E-state index contributed by atoms with van der Waals surface area (Å²) in [7, 11) is 3.21. The Hall–Kier alpha value is -3.06. The van der Waals surface area contributed by atoms with Crippen LogP contribution in [0.5, 0.6) is 11.5 Å². The fraction of sp³-hybridized carbons (Fsp3) is 0.517. The van der Waals surface area contributed by atoms with Gasteiger partial charge in [-0.3, -0.25) is 9.59 Å². The van der Waals surface area contributed by atoms with Gasteiger partial charge in [-0.25, -0.2) is 0 Å². The van der Waals surface area contributed by atoms with E-state index in [-0.39, 0.29) is 23.8 Å². The number of hydrogen-bond donors (Lipinski definition) is 2. The van der Waals surface area contributed by atoms with Crippen LogP contribution < -0.4 is 14.8 Å². The van der Waals surface area contributed by atoms with Crippen LogP contribution in [-0.4, -0.2) is 60.8 Å². The van der Waals surface area contributed by atoms with E-state index in [1.54, 1.807) is 14.2 Å². The second-order valence-corrected chi connectivity index (χ2v) is 10.2. The molecule has 2 aromatic rings. The largest absolute Gasteiger partial charge is 0.493 e. The quantitative estimate of drug-likeness (QED) is 0.528. The molecule has 7 nitrogen and oxygen atoms in total. The van der Waals surface area contributed by atoms with E-state index in [0.717, 1.165) is 24.0 Å². The lowest BCUT2D eigenvalue weighted by Crippen LogP contribution is -2.46. The molecule has 2 aliphatic rings. The molecule has 2 fully saturated rings. The number of aliphatic hydroxyl groups is 1. The van der Waals surface area contributed by atoms with Crippen LogP contribution in [0.1, 0.15) is 49.7 Å². The molecule has 2 heterocycles. The highest BCUT2D eigenvalue weighted by Crippen LogP contribution is 2.34. The first-order valence-electron chi connectivity index (χ1n) is 12.9. The summed E-state index contributed by atoms with van der Waals surface area (Å²) in [5.41, 5.74) is 1.74. The summed E-state index contributed by atoms with van der Waals surface area (Å²) in [4.78, 5) is 27.2. The van der Waals surface area contributed by atoms with Crippen LogP contribution in [-0.2, 0) is 22.4 Å². The third-order valence-corrected chi connectivity index (χ3v) is 7.77. The third-order valence-electron chi connectivity index (χ3n) is 7.77. The Balaban J connectivity index is 1.31. The molecule has 0 spiro atoms. The van der Waals surface area contributed by atoms with E-state index < -0.39 is 5.54 Å². The number of likely N-dealkylation sites (tertiary alicyclic amines) is 1. The van der Waals surface area contributed by atoms with Gasteiger partial charge < -0.3 is 24.8 Å². The Morgan fingerprint density at radius 1 is 1.08 bits per heavy atom. The standard InChI is InChI=1S/C29H38N2O5/c1-35-25-9-8-22(19-26(25)36-2)20-29(14-10-27(33)30-29)15-11-28(34)31-16-12-23(13-17-31)24(32)18-21-6-4-3-5-7-21/h3-9,19,23-24,32H,10-18,20H2,1-2H3,(H,30,33)/t24-,29-/m1/s1. The molecule has 2 saturated heterocycles. The van der Waals surface area contributed by atoms with Crippen LogP contribution in [0.25, 0.3) is 0 Å². The lowest BCUT2D eigenvalue weighted by atomic mass is 9.84. The van der Waals surface area contributed by atoms with Crippen molar-refractivity contribution in [1.29, 1.82) is 0 Å². The molecule has 2 aliphatic heterocycles. The van der Waals surface area contributed by atoms with Gasteiger partial charge in [-0.1, -0.05) is 36.4 Å². The van der Waals surface area contributed by atoms with Gasteiger partial charge in [-0.05, 0) is 67.7 Å². The molecule has 2 N–H and O–H groups in total. The molecular weight excluding hydrogens is 456 g/mol. The van der Waals surface area contributed by atoms with Crippen molar-refractivity contribution < 1.29 is 24.2 Å². The summed E-state index contributed by atoms with van der Waals surface area (Å²) in [5, 5.41) is 13.9. The highest BCUT2D eigenvalue weighted by atomic mass is 16.5. The van der Waals surface area contributed by atoms with Crippen molar-refractivity contribution in [3.8, 4) is 11.5 Å². The molecule has 2 amide bonds. The van der Waals surface area contributed by atoms with Gasteiger partial charge in [0.05, 0.1) is 20.3 Å². The van der Waals surface area contributed by atoms with Gasteiger partial charge in [0.2, 0.25) is 11.8 Å². The number of amides is 2. The van der Waals surface area contributed by atoms with Crippen molar-refractivity contribution in [1.82, 2.24) is 10.2 Å². The first-order chi connectivity index (χ1) is 17.4. The van der Waals surface area contributed by atoms with E-state index >= 15 is 0 Å². The van der Waals surface area contributed by atoms with Crippen molar-refractivity contribution in [2.75, 3.05) is 27.3 Å². The molecule has 0 bridgehead atoms. The number of rotatable bonds is 10. The molecule has 36 heavy (non-hydrogen) atoms. The molecule has 2 atom stereocenters. The van der Waals surface area contributed by atoms with Crippen molar-refractivity contribution in [2.24, 2.45) is 5.92 Å². The fourth-order valence-corrected chi connectivity index (χ4v) is 5.62. The zero-order valence-corrected chi connectivity index (χ0v) is 21.4. The second kappa shape index (κ2) is 11.8. The molecule has 2 aromatic carbocycles. The van der Waals surface area contributed by atoms with Crippen LogP contribution in [0.4, 0.5) is 0 Å². The molecule has 7 heteroatoms. The van der Waals surface area contributed by atoms with Crippen LogP contribution in [0, 0.1) is 5.92 Å². The molecule has 0 saturated carbocycles. The summed E-state index contributed by atoms with van der Waals surface area (Å²) < 4.78 is 10.8. The second-order valence-electron chi connectivity index (χ2n) is 10.2. The van der Waals surface area contributed by atoms with Gasteiger partial charge in [0.25, 0.3) is 0 Å². The maximum absolute atomic E-state index is 13.1. The minimum atomic E-state index is -0.434. The van der Waals surface area contributed by atoms with Crippen molar-refractivity contribution in [3.63, 3.8) is 0 Å². The third kappa shape index (κ3) is 6.38. The van der Waals surface area contributed by atoms with E-state index in [0.29, 0.717) is 63.1 Å². The molecule has 194 valence electrons. The lowest BCUT2D eigenvalue weighted by Gasteiger charge is -2.35. The van der Waals surface area contributed by atoms with Crippen molar-refractivity contribution in [2.45, 2.75) is 63.0 Å². The van der Waals surface area contributed by atoms with Crippen molar-refractivity contribution >= 4 is 11.8 Å². The minimum absolute atomic E-state index is 0.0381. The van der Waals surface area contributed by atoms with Gasteiger partial charge in [0.15, 0.2) is 11.5 Å². The molecule has 0 aromatic heterocycles. The van der Waals surface area contributed by atoms with Gasteiger partial charge >= 0.3 is 0 Å². The number of carbonyl (C=O) groups excluding carboxylic acids is 2. The number of aliphatic hydroxyl groups excluding tert-OH is 1. The Kier molecular flexibility index (Phi) is 8.52. The normalized spacial score (nSPS) is 21.2. The Bertz CT molecular complexity index is 1040. The highest BCUT2D eigenvalue weighted by molar-refractivity contribution is 5.80. The summed E-state index contributed by atoms with van der Waals surface area (Å²) in [6, 6.07) is 15.9. The highest BCUT2D eigenvalue weighted by Gasteiger charge is 2.38. The van der Waals surface area contributed by atoms with E-state index in [9.17, 15) is 14.7 Å². The topological polar surface area (TPSA) is 88.1 Å². The number of nitrogens with zero attached hydrogens (tertiary/aromatic N) is 1. The number of hydrogen-bond acceptors (Lipinski definition) is 5. The monoisotopic (exact) mass is 494 g/mol. The molecular formula is C29H38N2O5. The first-order valence-corrected chi connectivity index (χ1v) is 12.9. The van der Waals surface area contributed by atoms with E-state index in [2.05, 4.69) is 5.32 Å². The average Bonchev–Trinajstić information content (AvgIpc) is 3.28. The SMILES string of the molecule is COc1ccc(C[C@]2(CCC(=O)N3CCC([C@H](O)Cc4ccccc4)CC3)CCC(=O)N2)cc1OC. The van der Waals surface area contributed by atoms with Crippen molar-refractivity contribution in [3.05, 3.63) is 59.7 Å². The number of carbonyl (C=O) groups is 2. The predicted molar refractivity (Wildman–Crippen MR) is 138 cm³/mol. The summed E-state index contributed by atoms with van der Waals surface area (Å²) in [6.07, 6.45) is 4.71. The number of ether oxygens (including phenoxy) is 2. The Labute approximate surface area is 213 Å². The summed E-state index contributed by atoms with van der Waals surface area (Å²) in [5.74, 6) is 1.69. The summed E-state index contributed by atoms with van der Waals surface area (Å²) in [6.45, 7) is 1.34. The lowest BCUT2D eigenvalue weighted by molar-refractivity contribution is -0.133. The number of nitrogens with one attached hydrogen (secondary N) is 1. The fourth-order valence-electron chi connectivity index (χ4n) is 5.62. The zero-order valence-electron chi connectivity index (χ0n) is 21.4. The molecule has 0 unspecified atom stereocenters. The number of piperidine rings is 1. The van der Waals surface area contributed by atoms with Crippen LogP contribution >= 0.6 is 0 Å². The van der Waals surface area contributed by atoms with Crippen LogP contribution in [0.2, 0.25) is 0 Å². The molecule has 0 radical (unpaired) electrons. The predicted octanol–water partition coefficient (Wildman–Crippen LogP) is 3.52. The van der Waals surface area contributed by atoms with Crippen LogP contribution in [0.3, 0.4) is 0 Å². The molecule has 0 aliphatic carbocycles. The van der Waals surface area contributed by atoms with Gasteiger partial charge in [-0.15, -0.1) is 0 Å². The van der Waals surface area contributed by atoms with E-state index in [1.165, 1.54) is 0 Å². The van der Waals surface area contributed by atoms with Gasteiger partial charge in [0, 0.05) is 31.5 Å². The Morgan fingerprint density at radius 2 is 1.81 bits per heavy atom. The smallest absolute Gasteiger partial charge is 0.222 e. The maximum atomic E-state index is 13.1. The van der Waals surface area contributed by atoms with E-state index in [1.807, 2.05) is 53.4 Å². The van der Waals surface area contributed by atoms with E-state index in [4.69, 9.17) is 9.47 Å². The first kappa shape index (κ1) is 26.0. The van der Waals surface area contributed by atoms with Crippen LogP contribution in [0.15, 0.2) is 48.5 Å². The Morgan fingerprint density at radius 3 is 2.44 bits per heavy atom. The maximum Gasteiger partial charge on any atom is 0.222 e. The van der Waals surface area contributed by atoms with Gasteiger partial charge in [0.1, 0.15) is 0 Å².